The summed E-state index contributed by atoms with van der Waals surface area (Å²) in [6.07, 6.45) is 0. The zero-order chi connectivity index (χ0) is 40.7. The van der Waals surface area contributed by atoms with Crippen molar-refractivity contribution in [2.24, 2.45) is 0 Å². The molecule has 0 radical (unpaired) electrons. The van der Waals surface area contributed by atoms with Gasteiger partial charge in [0.25, 0.3) is 0 Å². The highest BCUT2D eigenvalue weighted by Crippen LogP contribution is 2.45. The lowest BCUT2D eigenvalue weighted by molar-refractivity contribution is 1.17. The molecule has 62 heavy (non-hydrogen) atoms. The van der Waals surface area contributed by atoms with E-state index >= 15 is 0 Å². The molecule has 13 aromatic rings. The molecule has 13 rings (SSSR count). The van der Waals surface area contributed by atoms with Crippen LogP contribution in [0.2, 0.25) is 0 Å². The Morgan fingerprint density at radius 1 is 0.274 bits per heavy atom. The minimum atomic E-state index is 0.867. The van der Waals surface area contributed by atoms with Crippen molar-refractivity contribution in [3.8, 4) is 45.0 Å². The third-order valence-electron chi connectivity index (χ3n) is 12.7. The lowest BCUT2D eigenvalue weighted by Gasteiger charge is -2.13. The molecule has 0 aliphatic carbocycles. The molecule has 288 valence electrons. The highest BCUT2D eigenvalue weighted by Gasteiger charge is 2.22. The van der Waals surface area contributed by atoms with Crippen LogP contribution in [0, 0.1) is 0 Å². The summed E-state index contributed by atoms with van der Waals surface area (Å²) in [4.78, 5) is 10.5. The molecule has 4 heteroatoms. The van der Waals surface area contributed by atoms with Crippen molar-refractivity contribution in [1.29, 1.82) is 0 Å². The van der Waals surface area contributed by atoms with E-state index in [9.17, 15) is 0 Å². The number of hydrogen-bond donors (Lipinski definition) is 0. The first kappa shape index (κ1) is 34.5. The molecule has 0 saturated heterocycles. The van der Waals surface area contributed by atoms with Gasteiger partial charge in [0.05, 0.1) is 44.5 Å². The number of hydrogen-bond acceptors (Lipinski definition) is 2. The second-order valence-corrected chi connectivity index (χ2v) is 16.1. The van der Waals surface area contributed by atoms with Crippen LogP contribution >= 0.6 is 0 Å². The van der Waals surface area contributed by atoms with Gasteiger partial charge in [0.15, 0.2) is 0 Å². The van der Waals surface area contributed by atoms with Crippen LogP contribution in [-0.2, 0) is 0 Å². The van der Waals surface area contributed by atoms with Crippen LogP contribution in [0.5, 0.6) is 0 Å². The Bertz CT molecular complexity index is 3880. The van der Waals surface area contributed by atoms with Gasteiger partial charge >= 0.3 is 0 Å². The molecule has 0 spiro atoms. The van der Waals surface area contributed by atoms with Crippen LogP contribution in [0.1, 0.15) is 0 Å². The molecule has 4 nitrogen and oxygen atoms in total. The molecular weight excluding hydrogens is 753 g/mol. The predicted molar refractivity (Wildman–Crippen MR) is 260 cm³/mol. The first-order valence-electron chi connectivity index (χ1n) is 21.2. The molecule has 0 unspecified atom stereocenters. The molecule has 0 bridgehead atoms. The van der Waals surface area contributed by atoms with Gasteiger partial charge in [-0.1, -0.05) is 164 Å². The van der Waals surface area contributed by atoms with Gasteiger partial charge in [0.2, 0.25) is 0 Å². The van der Waals surface area contributed by atoms with Crippen LogP contribution in [0.15, 0.2) is 218 Å². The summed E-state index contributed by atoms with van der Waals surface area (Å²) in [5, 5.41) is 10.1. The second kappa shape index (κ2) is 13.6. The van der Waals surface area contributed by atoms with Gasteiger partial charge in [-0.25, -0.2) is 9.97 Å². The van der Waals surface area contributed by atoms with E-state index in [1.54, 1.807) is 0 Å². The molecule has 10 aromatic carbocycles. The number of aromatic nitrogens is 4. The molecule has 3 aromatic heterocycles. The van der Waals surface area contributed by atoms with Gasteiger partial charge < -0.3 is 9.13 Å². The quantitative estimate of drug-likeness (QED) is 0.163. The minimum absolute atomic E-state index is 0.867. The maximum absolute atomic E-state index is 5.27. The Morgan fingerprint density at radius 3 is 1.48 bits per heavy atom. The zero-order valence-corrected chi connectivity index (χ0v) is 33.6. The van der Waals surface area contributed by atoms with Crippen molar-refractivity contribution in [3.05, 3.63) is 218 Å². The molecule has 0 atom stereocenters. The summed E-state index contributed by atoms with van der Waals surface area (Å²) < 4.78 is 4.92. The number of benzene rings is 10. The van der Waals surface area contributed by atoms with E-state index in [0.29, 0.717) is 0 Å². The van der Waals surface area contributed by atoms with Crippen LogP contribution in [0.25, 0.3) is 121 Å². The van der Waals surface area contributed by atoms with E-state index in [1.807, 2.05) is 12.1 Å². The molecule has 0 fully saturated rings. The average Bonchev–Trinajstić information content (AvgIpc) is 3.86. The average molecular weight is 789 g/mol. The van der Waals surface area contributed by atoms with Gasteiger partial charge in [0.1, 0.15) is 0 Å². The highest BCUT2D eigenvalue weighted by molar-refractivity contribution is 6.33. The van der Waals surface area contributed by atoms with Crippen LogP contribution in [0.3, 0.4) is 0 Å². The van der Waals surface area contributed by atoms with E-state index in [2.05, 4.69) is 215 Å². The maximum atomic E-state index is 5.27. The van der Waals surface area contributed by atoms with Crippen molar-refractivity contribution >= 4 is 76.2 Å². The fourth-order valence-corrected chi connectivity index (χ4v) is 9.89. The number of nitrogens with zero attached hydrogens (tertiary/aromatic N) is 4. The topological polar surface area (TPSA) is 35.6 Å². The molecular formula is C58H36N4. The number of para-hydroxylation sites is 2. The SMILES string of the molecule is c1ccc(-c2nc3ccc(-c4ccc(-n5c6ccccc6c6cc7c8c9ccccc9c9ccccc9c8n(-c8ccccc8)c7cc65)cc4)cc3nc2-c2ccccc2)cc1. The highest BCUT2D eigenvalue weighted by atomic mass is 15.0. The Balaban J connectivity index is 1.01. The van der Waals surface area contributed by atoms with Gasteiger partial charge in [-0.15, -0.1) is 0 Å². The maximum Gasteiger partial charge on any atom is 0.0973 e. The minimum Gasteiger partial charge on any atom is -0.309 e. The molecule has 0 amide bonds. The third kappa shape index (κ3) is 5.20. The molecule has 3 heterocycles. The number of rotatable bonds is 5. The molecule has 0 aliphatic heterocycles. The third-order valence-corrected chi connectivity index (χ3v) is 12.7. The second-order valence-electron chi connectivity index (χ2n) is 16.1. The van der Waals surface area contributed by atoms with Crippen molar-refractivity contribution in [2.45, 2.75) is 0 Å². The largest absolute Gasteiger partial charge is 0.309 e. The Labute approximate surface area is 357 Å². The standard InChI is InChI=1S/C58H36N4/c1-4-16-38(17-5-1)56-57(39-18-6-2-7-19-39)60-51-34-40(30-33-50(51)59-56)37-28-31-42(32-29-37)61-52-27-15-14-24-45(52)48-35-49-54(36-53(48)61)62(41-20-8-3-9-21-41)58-47-26-13-11-23-44(47)43-22-10-12-25-46(43)55(49)58/h1-36H. The van der Waals surface area contributed by atoms with Crippen molar-refractivity contribution in [2.75, 3.05) is 0 Å². The Hall–Kier alpha value is -8.34. The van der Waals surface area contributed by atoms with Crippen molar-refractivity contribution < 1.29 is 0 Å². The van der Waals surface area contributed by atoms with Crippen LogP contribution in [-0.4, -0.2) is 19.1 Å². The van der Waals surface area contributed by atoms with Gasteiger partial charge in [0, 0.05) is 49.4 Å². The summed E-state index contributed by atoms with van der Waals surface area (Å²) in [5.74, 6) is 0. The van der Waals surface area contributed by atoms with Gasteiger partial charge in [-0.3, -0.25) is 0 Å². The van der Waals surface area contributed by atoms with E-state index in [0.717, 1.165) is 56.0 Å². The van der Waals surface area contributed by atoms with E-state index in [-0.39, 0.29) is 0 Å². The molecule has 0 N–H and O–H groups in total. The van der Waals surface area contributed by atoms with E-state index < -0.39 is 0 Å². The summed E-state index contributed by atoms with van der Waals surface area (Å²) in [6.45, 7) is 0. The van der Waals surface area contributed by atoms with Gasteiger partial charge in [-0.2, -0.15) is 0 Å². The monoisotopic (exact) mass is 788 g/mol. The Kier molecular flexibility index (Phi) is 7.57. The summed E-state index contributed by atoms with van der Waals surface area (Å²) >= 11 is 0. The summed E-state index contributed by atoms with van der Waals surface area (Å²) in [7, 11) is 0. The first-order chi connectivity index (χ1) is 30.8. The van der Waals surface area contributed by atoms with E-state index in [1.165, 1.54) is 65.2 Å². The van der Waals surface area contributed by atoms with Crippen LogP contribution in [0.4, 0.5) is 0 Å². The van der Waals surface area contributed by atoms with Crippen molar-refractivity contribution in [1.82, 2.24) is 19.1 Å². The smallest absolute Gasteiger partial charge is 0.0973 e. The Morgan fingerprint density at radius 2 is 0.790 bits per heavy atom. The summed E-state index contributed by atoms with van der Waals surface area (Å²) in [6, 6.07) is 78.4. The van der Waals surface area contributed by atoms with Crippen molar-refractivity contribution in [3.63, 3.8) is 0 Å². The van der Waals surface area contributed by atoms with Crippen LogP contribution < -0.4 is 0 Å². The van der Waals surface area contributed by atoms with E-state index in [4.69, 9.17) is 9.97 Å². The lowest BCUT2D eigenvalue weighted by atomic mass is 9.96. The predicted octanol–water partition coefficient (Wildman–Crippen LogP) is 15.1. The summed E-state index contributed by atoms with van der Waals surface area (Å²) in [5.41, 5.74) is 14.8. The normalized spacial score (nSPS) is 11.9. The lowest BCUT2D eigenvalue weighted by Crippen LogP contribution is -1.97. The zero-order valence-electron chi connectivity index (χ0n) is 33.6. The number of fused-ring (bicyclic) bond motifs is 12. The fraction of sp³-hybridized carbons (Fsp3) is 0. The fourth-order valence-electron chi connectivity index (χ4n) is 9.89. The van der Waals surface area contributed by atoms with Gasteiger partial charge in [-0.05, 0) is 81.9 Å². The molecule has 0 aliphatic rings. The molecule has 0 saturated carbocycles. The first-order valence-corrected chi connectivity index (χ1v) is 21.2.